The molecule has 84 valence electrons. The average molecular weight is 207 g/mol. The first-order valence-electron chi connectivity index (χ1n) is 5.60. The van der Waals surface area contributed by atoms with Crippen molar-refractivity contribution in [3.05, 3.63) is 29.8 Å². The normalized spacial score (nSPS) is 12.9. The van der Waals surface area contributed by atoms with Crippen molar-refractivity contribution >= 4 is 0 Å². The second-order valence-corrected chi connectivity index (χ2v) is 4.19. The molecule has 0 amide bonds. The van der Waals surface area contributed by atoms with Gasteiger partial charge in [0.2, 0.25) is 0 Å². The van der Waals surface area contributed by atoms with Crippen molar-refractivity contribution in [3.63, 3.8) is 0 Å². The van der Waals surface area contributed by atoms with Crippen LogP contribution in [0.3, 0.4) is 0 Å². The molecule has 1 unspecified atom stereocenters. The van der Waals surface area contributed by atoms with E-state index in [1.54, 1.807) is 0 Å². The van der Waals surface area contributed by atoms with E-state index in [9.17, 15) is 0 Å². The molecule has 0 aromatic heterocycles. The second-order valence-electron chi connectivity index (χ2n) is 4.19. The van der Waals surface area contributed by atoms with Crippen LogP contribution in [-0.4, -0.2) is 12.6 Å². The van der Waals surface area contributed by atoms with Crippen molar-refractivity contribution in [2.75, 3.05) is 6.61 Å². The molecular weight excluding hydrogens is 186 g/mol. The maximum absolute atomic E-state index is 6.01. The zero-order valence-corrected chi connectivity index (χ0v) is 9.86. The largest absolute Gasteiger partial charge is 0.494 e. The molecular formula is C13H21NO. The van der Waals surface area contributed by atoms with Gasteiger partial charge in [0.15, 0.2) is 0 Å². The number of hydrogen-bond donors (Lipinski definition) is 1. The zero-order valence-electron chi connectivity index (χ0n) is 9.86. The fraction of sp³-hybridized carbons (Fsp3) is 0.538. The summed E-state index contributed by atoms with van der Waals surface area (Å²) in [5.74, 6) is 1.45. The van der Waals surface area contributed by atoms with E-state index in [1.165, 1.54) is 5.56 Å². The number of hydrogen-bond acceptors (Lipinski definition) is 2. The molecule has 1 aromatic rings. The lowest BCUT2D eigenvalue weighted by molar-refractivity contribution is 0.340. The van der Waals surface area contributed by atoms with Crippen LogP contribution in [0.2, 0.25) is 0 Å². The Balaban J connectivity index is 2.56. The first-order valence-corrected chi connectivity index (χ1v) is 5.60. The summed E-state index contributed by atoms with van der Waals surface area (Å²) in [5.41, 5.74) is 7.29. The van der Waals surface area contributed by atoms with Crippen LogP contribution in [0.5, 0.6) is 5.75 Å². The van der Waals surface area contributed by atoms with Crippen LogP contribution in [0.25, 0.3) is 0 Å². The van der Waals surface area contributed by atoms with Gasteiger partial charge in [-0.3, -0.25) is 0 Å². The molecule has 1 rings (SSSR count). The monoisotopic (exact) mass is 207 g/mol. The standard InChI is InChI=1S/C13H21NO/c1-4-15-12-7-5-11(6-8-12)9-13(14)10(2)3/h5-8,10,13H,4,9,14H2,1-3H3. The van der Waals surface area contributed by atoms with E-state index in [0.29, 0.717) is 12.5 Å². The molecule has 2 nitrogen and oxygen atoms in total. The molecule has 0 saturated heterocycles. The van der Waals surface area contributed by atoms with Crippen LogP contribution in [-0.2, 0) is 6.42 Å². The Kier molecular flexibility index (Phi) is 4.63. The molecule has 2 heteroatoms. The summed E-state index contributed by atoms with van der Waals surface area (Å²) in [4.78, 5) is 0. The van der Waals surface area contributed by atoms with Gasteiger partial charge in [-0.15, -0.1) is 0 Å². The van der Waals surface area contributed by atoms with Crippen LogP contribution in [0.15, 0.2) is 24.3 Å². The van der Waals surface area contributed by atoms with Crippen molar-refractivity contribution in [3.8, 4) is 5.75 Å². The van der Waals surface area contributed by atoms with Gasteiger partial charge in [0.05, 0.1) is 6.61 Å². The molecule has 0 bridgehead atoms. The SMILES string of the molecule is CCOc1ccc(CC(N)C(C)C)cc1. The maximum atomic E-state index is 6.01. The minimum atomic E-state index is 0.239. The van der Waals surface area contributed by atoms with Gasteiger partial charge in [0, 0.05) is 6.04 Å². The Morgan fingerprint density at radius 3 is 2.27 bits per heavy atom. The highest BCUT2D eigenvalue weighted by Crippen LogP contribution is 2.14. The van der Waals surface area contributed by atoms with Gasteiger partial charge < -0.3 is 10.5 Å². The summed E-state index contributed by atoms with van der Waals surface area (Å²) < 4.78 is 5.38. The van der Waals surface area contributed by atoms with E-state index in [1.807, 2.05) is 19.1 Å². The summed E-state index contributed by atoms with van der Waals surface area (Å²) in [7, 11) is 0. The molecule has 0 spiro atoms. The summed E-state index contributed by atoms with van der Waals surface area (Å²) in [6, 6.07) is 8.43. The first-order chi connectivity index (χ1) is 7.13. The fourth-order valence-electron chi connectivity index (χ4n) is 1.40. The molecule has 0 aliphatic rings. The lowest BCUT2D eigenvalue weighted by Gasteiger charge is -2.15. The summed E-state index contributed by atoms with van der Waals surface area (Å²) in [6.45, 7) is 7.01. The molecule has 15 heavy (non-hydrogen) atoms. The Hall–Kier alpha value is -1.02. The third kappa shape index (κ3) is 3.92. The van der Waals surface area contributed by atoms with Crippen molar-refractivity contribution in [1.29, 1.82) is 0 Å². The number of rotatable bonds is 5. The van der Waals surface area contributed by atoms with Crippen LogP contribution < -0.4 is 10.5 Å². The summed E-state index contributed by atoms with van der Waals surface area (Å²) in [5, 5.41) is 0. The highest BCUT2D eigenvalue weighted by molar-refractivity contribution is 5.27. The molecule has 0 aliphatic carbocycles. The average Bonchev–Trinajstić information content (AvgIpc) is 2.21. The van der Waals surface area contributed by atoms with E-state index in [4.69, 9.17) is 10.5 Å². The number of ether oxygens (including phenoxy) is 1. The highest BCUT2D eigenvalue weighted by atomic mass is 16.5. The van der Waals surface area contributed by atoms with Crippen LogP contribution in [0.4, 0.5) is 0 Å². The second kappa shape index (κ2) is 5.76. The van der Waals surface area contributed by atoms with Gasteiger partial charge in [-0.1, -0.05) is 26.0 Å². The Morgan fingerprint density at radius 2 is 1.80 bits per heavy atom. The molecule has 0 aliphatic heterocycles. The smallest absolute Gasteiger partial charge is 0.119 e. The molecule has 1 aromatic carbocycles. The first kappa shape index (κ1) is 12.1. The highest BCUT2D eigenvalue weighted by Gasteiger charge is 2.08. The van der Waals surface area contributed by atoms with Crippen LogP contribution in [0, 0.1) is 5.92 Å². The van der Waals surface area contributed by atoms with Crippen LogP contribution >= 0.6 is 0 Å². The Bertz CT molecular complexity index is 279. The minimum absolute atomic E-state index is 0.239. The van der Waals surface area contributed by atoms with Gasteiger partial charge in [0.25, 0.3) is 0 Å². The van der Waals surface area contributed by atoms with E-state index < -0.39 is 0 Å². The van der Waals surface area contributed by atoms with E-state index in [0.717, 1.165) is 12.2 Å². The van der Waals surface area contributed by atoms with Crippen molar-refractivity contribution < 1.29 is 4.74 Å². The predicted octanol–water partition coefficient (Wildman–Crippen LogP) is 2.61. The quantitative estimate of drug-likeness (QED) is 0.805. The summed E-state index contributed by atoms with van der Waals surface area (Å²) >= 11 is 0. The minimum Gasteiger partial charge on any atom is -0.494 e. The van der Waals surface area contributed by atoms with Crippen molar-refractivity contribution in [1.82, 2.24) is 0 Å². The van der Waals surface area contributed by atoms with E-state index in [-0.39, 0.29) is 6.04 Å². The van der Waals surface area contributed by atoms with Gasteiger partial charge in [0.1, 0.15) is 5.75 Å². The molecule has 0 radical (unpaired) electrons. The van der Waals surface area contributed by atoms with Gasteiger partial charge >= 0.3 is 0 Å². The molecule has 0 fully saturated rings. The van der Waals surface area contributed by atoms with E-state index >= 15 is 0 Å². The van der Waals surface area contributed by atoms with Gasteiger partial charge in [-0.05, 0) is 37.0 Å². The zero-order chi connectivity index (χ0) is 11.3. The topological polar surface area (TPSA) is 35.2 Å². The Morgan fingerprint density at radius 1 is 1.20 bits per heavy atom. The van der Waals surface area contributed by atoms with Crippen molar-refractivity contribution in [2.24, 2.45) is 11.7 Å². The molecule has 0 heterocycles. The molecule has 1 atom stereocenters. The molecule has 2 N–H and O–H groups in total. The fourth-order valence-corrected chi connectivity index (χ4v) is 1.40. The molecule has 0 saturated carbocycles. The number of nitrogens with two attached hydrogens (primary N) is 1. The third-order valence-electron chi connectivity index (χ3n) is 2.56. The van der Waals surface area contributed by atoms with Crippen molar-refractivity contribution in [2.45, 2.75) is 33.2 Å². The lowest BCUT2D eigenvalue weighted by Crippen LogP contribution is -2.28. The van der Waals surface area contributed by atoms with Gasteiger partial charge in [-0.25, -0.2) is 0 Å². The lowest BCUT2D eigenvalue weighted by atomic mass is 9.97. The van der Waals surface area contributed by atoms with E-state index in [2.05, 4.69) is 26.0 Å². The number of benzene rings is 1. The third-order valence-corrected chi connectivity index (χ3v) is 2.56. The maximum Gasteiger partial charge on any atom is 0.119 e. The van der Waals surface area contributed by atoms with Crippen LogP contribution in [0.1, 0.15) is 26.3 Å². The predicted molar refractivity (Wildman–Crippen MR) is 64.1 cm³/mol. The Labute approximate surface area is 92.4 Å². The van der Waals surface area contributed by atoms with Gasteiger partial charge in [-0.2, -0.15) is 0 Å². The summed E-state index contributed by atoms with van der Waals surface area (Å²) in [6.07, 6.45) is 0.935.